The van der Waals surface area contributed by atoms with Crippen molar-refractivity contribution in [3.63, 3.8) is 0 Å². The first-order valence-corrected chi connectivity index (χ1v) is 7.93. The van der Waals surface area contributed by atoms with Crippen LogP contribution < -0.4 is 0 Å². The molecule has 22 heteroatoms. The van der Waals surface area contributed by atoms with Gasteiger partial charge in [0, 0.05) is 0 Å². The lowest BCUT2D eigenvalue weighted by Gasteiger charge is -2.71. The van der Waals surface area contributed by atoms with Crippen molar-refractivity contribution in [2.75, 3.05) is 0 Å². The minimum atomic E-state index is -8.36. The molecule has 6 unspecified atom stereocenters. The van der Waals surface area contributed by atoms with Crippen LogP contribution in [0.5, 0.6) is 0 Å². The minimum absolute atomic E-state index is 1.60. The first kappa shape index (κ1) is 27.8. The fourth-order valence-electron chi connectivity index (χ4n) is 4.14. The summed E-state index contributed by atoms with van der Waals surface area (Å²) in [6.45, 7) is 0. The molecule has 4 aliphatic carbocycles. The van der Waals surface area contributed by atoms with E-state index in [4.69, 9.17) is 5.11 Å². The van der Waals surface area contributed by atoms with E-state index in [0.29, 0.717) is 0 Å². The van der Waals surface area contributed by atoms with Crippen LogP contribution in [-0.4, -0.2) is 81.2 Å². The van der Waals surface area contributed by atoms with E-state index >= 15 is 4.39 Å². The summed E-state index contributed by atoms with van der Waals surface area (Å²) in [5.41, 5.74) is -31.8. The molecule has 0 radical (unpaired) electrons. The fourth-order valence-corrected chi connectivity index (χ4v) is 4.14. The Hall–Kier alpha value is -1.74. The molecule has 0 aliphatic heterocycles. The second-order valence-corrected chi connectivity index (χ2v) is 7.59. The highest BCUT2D eigenvalue weighted by atomic mass is 19.4. The molecule has 0 amide bonds. The zero-order chi connectivity index (χ0) is 28.3. The molecule has 4 rings (SSSR count). The molecule has 0 spiro atoms. The lowest BCUT2D eigenvalue weighted by Crippen LogP contribution is -3.07. The predicted octanol–water partition coefficient (Wildman–Crippen LogP) is 4.47. The predicted molar refractivity (Wildman–Crippen MR) is 62.1 cm³/mol. The first-order chi connectivity index (χ1) is 14.9. The summed E-state index contributed by atoms with van der Waals surface area (Å²) in [5.74, 6) is -53.5. The maximum atomic E-state index is 15.1. The number of halogens is 19. The molecule has 0 saturated heterocycles. The average Bonchev–Trinajstić information content (AvgIpc) is 2.65. The molecular formula is C13HF19O3. The summed E-state index contributed by atoms with van der Waals surface area (Å²) in [7, 11) is 0. The first-order valence-electron chi connectivity index (χ1n) is 7.93. The van der Waals surface area contributed by atoms with Crippen LogP contribution in [0.3, 0.4) is 0 Å². The summed E-state index contributed by atoms with van der Waals surface area (Å²) >= 11 is 0. The van der Waals surface area contributed by atoms with Gasteiger partial charge >= 0.3 is 70.4 Å². The Morgan fingerprint density at radius 3 is 1.29 bits per heavy atom. The Labute approximate surface area is 175 Å². The lowest BCUT2D eigenvalue weighted by atomic mass is 9.41. The average molecular weight is 566 g/mol. The van der Waals surface area contributed by atoms with Crippen LogP contribution in [0, 0.1) is 0 Å². The number of hydrogen-bond donors (Lipinski definition) is 1. The quantitative estimate of drug-likeness (QED) is 0.514. The molecule has 0 heterocycles. The molecule has 1 N–H and O–H groups in total. The molecular weight excluding hydrogens is 565 g/mol. The standard InChI is InChI=1S/C13HF19O3/c14-2-1(33)3(15)8(22,23)4(16,6(2,18)19)9(24,25)5(17,7(2,20)21)11(3,27)35-13(31,32)10(26,34)12(28,29)30/h34H. The molecule has 204 valence electrons. The molecule has 4 saturated carbocycles. The van der Waals surface area contributed by atoms with Gasteiger partial charge in [0.2, 0.25) is 5.78 Å². The number of carbonyl (C=O) groups is 1. The molecule has 0 aromatic heterocycles. The monoisotopic (exact) mass is 566 g/mol. The summed E-state index contributed by atoms with van der Waals surface area (Å²) in [6, 6.07) is 0. The largest absolute Gasteiger partial charge is 0.457 e. The van der Waals surface area contributed by atoms with E-state index in [2.05, 4.69) is 0 Å². The van der Waals surface area contributed by atoms with Crippen LogP contribution in [-0.2, 0) is 9.53 Å². The highest BCUT2D eigenvalue weighted by Crippen LogP contribution is 2.85. The molecule has 0 aromatic rings. The normalized spacial score (nSPS) is 47.0. The second-order valence-electron chi connectivity index (χ2n) is 7.59. The highest BCUT2D eigenvalue weighted by Gasteiger charge is 3.20. The minimum Gasteiger partial charge on any atom is -0.348 e. The van der Waals surface area contributed by atoms with Gasteiger partial charge in [-0.05, 0) is 0 Å². The molecule has 0 aromatic carbocycles. The zero-order valence-electron chi connectivity index (χ0n) is 14.9. The van der Waals surface area contributed by atoms with E-state index in [1.807, 2.05) is 0 Å². The van der Waals surface area contributed by atoms with E-state index in [1.54, 1.807) is 4.74 Å². The topological polar surface area (TPSA) is 46.5 Å². The SMILES string of the molecule is O=C1C2(F)C(F)(F)C3(F)C(F)(F)C1(F)C(F)(OC(F)(F)C(O)(F)C(F)(F)F)C(F)(C2(F)F)C3(F)F. The third-order valence-corrected chi connectivity index (χ3v) is 6.00. The van der Waals surface area contributed by atoms with Crippen molar-refractivity contribution in [3.05, 3.63) is 0 Å². The van der Waals surface area contributed by atoms with Crippen LogP contribution in [0.25, 0.3) is 0 Å². The van der Waals surface area contributed by atoms with Gasteiger partial charge < -0.3 is 5.11 Å². The van der Waals surface area contributed by atoms with Gasteiger partial charge in [0.05, 0.1) is 0 Å². The Bertz CT molecular complexity index is 1000. The number of rotatable bonds is 3. The summed E-state index contributed by atoms with van der Waals surface area (Å²) in [4.78, 5) is 11.6. The van der Waals surface area contributed by atoms with E-state index in [1.165, 1.54) is 0 Å². The van der Waals surface area contributed by atoms with Crippen LogP contribution in [0.2, 0.25) is 0 Å². The van der Waals surface area contributed by atoms with Gasteiger partial charge in [-0.25, -0.2) is 22.0 Å². The van der Waals surface area contributed by atoms with E-state index in [-0.39, 0.29) is 0 Å². The van der Waals surface area contributed by atoms with Crippen molar-refractivity contribution >= 4 is 5.78 Å². The van der Waals surface area contributed by atoms with Gasteiger partial charge in [-0.15, -0.1) is 0 Å². The number of alkyl halides is 19. The maximum Gasteiger partial charge on any atom is 0.457 e. The number of hydrogen-bond acceptors (Lipinski definition) is 3. The molecule has 35 heavy (non-hydrogen) atoms. The molecule has 6 atom stereocenters. The summed E-state index contributed by atoms with van der Waals surface area (Å²) in [6.07, 6.45) is -15.6. The molecule has 4 aliphatic rings. The fraction of sp³-hybridized carbons (Fsp3) is 0.923. The number of carbonyl (C=O) groups excluding carboxylic acids is 1. The third kappa shape index (κ3) is 1.91. The van der Waals surface area contributed by atoms with Crippen molar-refractivity contribution in [3.8, 4) is 0 Å². The Balaban J connectivity index is 2.54. The van der Waals surface area contributed by atoms with Crippen LogP contribution in [0.1, 0.15) is 0 Å². The Morgan fingerprint density at radius 1 is 0.571 bits per heavy atom. The molecule has 4 fully saturated rings. The van der Waals surface area contributed by atoms with E-state index in [0.717, 1.165) is 0 Å². The van der Waals surface area contributed by atoms with Gasteiger partial charge in [0.1, 0.15) is 0 Å². The second kappa shape index (κ2) is 5.72. The number of Topliss-reactive ketones (excluding diaryl/α,β-unsaturated/α-hetero) is 1. The number of aliphatic hydroxyl groups is 1. The van der Waals surface area contributed by atoms with Crippen molar-refractivity contribution in [2.24, 2.45) is 0 Å². The van der Waals surface area contributed by atoms with E-state index < -0.39 is 76.1 Å². The van der Waals surface area contributed by atoms with Gasteiger partial charge in [0.15, 0.2) is 0 Å². The molecule has 4 bridgehead atoms. The van der Waals surface area contributed by atoms with Gasteiger partial charge in [-0.3, -0.25) is 9.53 Å². The van der Waals surface area contributed by atoms with Crippen molar-refractivity contribution in [1.82, 2.24) is 0 Å². The smallest absolute Gasteiger partial charge is 0.348 e. The van der Waals surface area contributed by atoms with E-state index in [9.17, 15) is 83.8 Å². The highest BCUT2D eigenvalue weighted by molar-refractivity contribution is 6.04. The number of ether oxygens (including phenoxy) is 1. The van der Waals surface area contributed by atoms with Crippen molar-refractivity contribution < 1.29 is 98.1 Å². The summed E-state index contributed by atoms with van der Waals surface area (Å²) in [5, 5.41) is 8.16. The van der Waals surface area contributed by atoms with Crippen molar-refractivity contribution in [1.29, 1.82) is 0 Å². The van der Waals surface area contributed by atoms with Gasteiger partial charge in [0.25, 0.3) is 0 Å². The Kier molecular flexibility index (Phi) is 4.55. The lowest BCUT2D eigenvalue weighted by molar-refractivity contribution is -0.582. The van der Waals surface area contributed by atoms with Crippen LogP contribution >= 0.6 is 0 Å². The Morgan fingerprint density at radius 2 is 0.914 bits per heavy atom. The zero-order valence-corrected chi connectivity index (χ0v) is 14.9. The van der Waals surface area contributed by atoms with Gasteiger partial charge in [-0.2, -0.15) is 61.5 Å². The summed E-state index contributed by atoms with van der Waals surface area (Å²) < 4.78 is 266. The van der Waals surface area contributed by atoms with Gasteiger partial charge in [-0.1, -0.05) is 0 Å². The van der Waals surface area contributed by atoms with Crippen LogP contribution in [0.4, 0.5) is 83.4 Å². The third-order valence-electron chi connectivity index (χ3n) is 6.00. The molecule has 3 nitrogen and oxygen atoms in total. The van der Waals surface area contributed by atoms with Crippen LogP contribution in [0.15, 0.2) is 0 Å². The number of ketones is 1. The maximum absolute atomic E-state index is 15.1. The van der Waals surface area contributed by atoms with Crippen molar-refractivity contribution in [2.45, 2.75) is 70.4 Å².